The number of nitrogens with zero attached hydrogens (tertiary/aromatic N) is 3. The van der Waals surface area contributed by atoms with Crippen molar-refractivity contribution in [3.05, 3.63) is 134 Å². The molecule has 1 amide bonds. The maximum absolute atomic E-state index is 16.4. The third-order valence-corrected chi connectivity index (χ3v) is 9.81. The molecule has 0 spiro atoms. The molecular weight excluding hydrogens is 707 g/mol. The first-order valence-corrected chi connectivity index (χ1v) is 17.8. The molecule has 0 bridgehead atoms. The highest BCUT2D eigenvalue weighted by molar-refractivity contribution is 7.74. The number of carboxylic acid groups (broad SMARTS) is 1. The first-order chi connectivity index (χ1) is 25.3. The molecule has 53 heavy (non-hydrogen) atoms. The number of amides is 1. The number of carboxylic acids is 1. The zero-order valence-electron chi connectivity index (χ0n) is 28.9. The third-order valence-electron chi connectivity index (χ3n) is 8.98. The van der Waals surface area contributed by atoms with E-state index in [0.717, 1.165) is 28.9 Å². The highest BCUT2D eigenvalue weighted by Gasteiger charge is 2.32. The lowest BCUT2D eigenvalue weighted by atomic mass is 10.0. The van der Waals surface area contributed by atoms with Crippen molar-refractivity contribution in [2.75, 3.05) is 16.2 Å². The first kappa shape index (κ1) is 36.7. The lowest BCUT2D eigenvalue weighted by molar-refractivity contribution is -0.138. The van der Waals surface area contributed by atoms with Crippen molar-refractivity contribution >= 4 is 56.3 Å². The molecule has 0 radical (unpaired) electrons. The number of imidazole rings is 1. The van der Waals surface area contributed by atoms with Gasteiger partial charge in [0.2, 0.25) is 22.3 Å². The number of nitrogens with one attached hydrogen (secondary N) is 3. The van der Waals surface area contributed by atoms with Crippen molar-refractivity contribution in [3.8, 4) is 0 Å². The number of para-hydroxylation sites is 2. The number of pyridine rings is 1. The Labute approximate surface area is 304 Å². The maximum atomic E-state index is 16.4. The van der Waals surface area contributed by atoms with Gasteiger partial charge in [-0.05, 0) is 62.1 Å². The summed E-state index contributed by atoms with van der Waals surface area (Å²) in [6.07, 6.45) is 1.50. The van der Waals surface area contributed by atoms with Gasteiger partial charge in [-0.15, -0.1) is 0 Å². The van der Waals surface area contributed by atoms with E-state index in [1.54, 1.807) is 44.2 Å². The quantitative estimate of drug-likeness (QED) is 0.101. The zero-order chi connectivity index (χ0) is 38.0. The van der Waals surface area contributed by atoms with Gasteiger partial charge in [0, 0.05) is 24.8 Å². The molecule has 274 valence electrons. The standard InChI is InChI=1S/C38H36F2N6O6S/c1-21-15-22(2)33(23(3)16-21)46(53(51)52)31(37(49)50)19-41-36(48)27-20-45(14-13-24-9-5-4-6-10-24)34-25(35(27)47)17-28(39)26(32(34)40)18-42-38-43-29-11-7-8-12-30(29)44-38/h4-12,15-17,20,31,53H,13-14,18-19H2,1-3H3,(H,41,48)(H,49,50)(H2,42,43,44). The van der Waals surface area contributed by atoms with E-state index in [1.807, 2.05) is 43.3 Å². The summed E-state index contributed by atoms with van der Waals surface area (Å²) in [4.78, 5) is 47.3. The molecule has 0 aliphatic rings. The van der Waals surface area contributed by atoms with Gasteiger partial charge in [0.1, 0.15) is 11.4 Å². The molecule has 0 saturated carbocycles. The Morgan fingerprint density at radius 2 is 1.68 bits per heavy atom. The van der Waals surface area contributed by atoms with Crippen molar-refractivity contribution in [2.45, 2.75) is 46.3 Å². The minimum atomic E-state index is -3.49. The number of H-pyrrole nitrogens is 1. The second-order valence-corrected chi connectivity index (χ2v) is 13.6. The van der Waals surface area contributed by atoms with Crippen molar-refractivity contribution < 1.29 is 31.9 Å². The monoisotopic (exact) mass is 742 g/mol. The van der Waals surface area contributed by atoms with Crippen LogP contribution < -0.4 is 20.4 Å². The molecule has 4 aromatic carbocycles. The summed E-state index contributed by atoms with van der Waals surface area (Å²) < 4.78 is 59.1. The van der Waals surface area contributed by atoms with Gasteiger partial charge in [0.15, 0.2) is 11.9 Å². The van der Waals surface area contributed by atoms with Crippen LogP contribution >= 0.6 is 0 Å². The van der Waals surface area contributed by atoms with Gasteiger partial charge in [-0.1, -0.05) is 60.2 Å². The predicted octanol–water partition coefficient (Wildman–Crippen LogP) is 5.15. The van der Waals surface area contributed by atoms with Gasteiger partial charge in [0.25, 0.3) is 5.91 Å². The van der Waals surface area contributed by atoms with Crippen LogP contribution in [0.5, 0.6) is 0 Å². The van der Waals surface area contributed by atoms with Gasteiger partial charge >= 0.3 is 5.97 Å². The number of aromatic amines is 1. The van der Waals surface area contributed by atoms with E-state index in [-0.39, 0.29) is 35.8 Å². The van der Waals surface area contributed by atoms with Crippen molar-refractivity contribution in [1.82, 2.24) is 19.9 Å². The number of hydrogen-bond donors (Lipinski definition) is 5. The number of aromatic nitrogens is 3. The van der Waals surface area contributed by atoms with Gasteiger partial charge in [0.05, 0.1) is 34.2 Å². The molecule has 0 saturated heterocycles. The number of fused-ring (bicyclic) bond motifs is 2. The number of anilines is 2. The summed E-state index contributed by atoms with van der Waals surface area (Å²) in [5.74, 6) is -4.36. The molecule has 12 nitrogen and oxygen atoms in total. The number of halogens is 2. The van der Waals surface area contributed by atoms with Crippen molar-refractivity contribution in [3.63, 3.8) is 0 Å². The fourth-order valence-corrected chi connectivity index (χ4v) is 7.46. The molecule has 0 aliphatic heterocycles. The average molecular weight is 743 g/mol. The molecule has 0 fully saturated rings. The lowest BCUT2D eigenvalue weighted by Crippen LogP contribution is -2.49. The molecule has 6 aromatic rings. The number of thiol groups is 1. The Morgan fingerprint density at radius 3 is 2.34 bits per heavy atom. The molecule has 0 aliphatic carbocycles. The minimum Gasteiger partial charge on any atom is -0.480 e. The SMILES string of the molecule is Cc1cc(C)c(N(C(CNC(=O)c2cn(CCc3ccccc3)c3c(F)c(CNc4nc5ccccc5[nH]4)c(F)cc3c2=O)C(=O)O)[SH](=O)=O)c(C)c1. The van der Waals surface area contributed by atoms with E-state index in [4.69, 9.17) is 0 Å². The fourth-order valence-electron chi connectivity index (χ4n) is 6.58. The third kappa shape index (κ3) is 7.60. The van der Waals surface area contributed by atoms with Crippen LogP contribution in [-0.2, 0) is 35.2 Å². The summed E-state index contributed by atoms with van der Waals surface area (Å²) in [6.45, 7) is 4.13. The van der Waals surface area contributed by atoms with E-state index < -0.39 is 63.4 Å². The smallest absolute Gasteiger partial charge is 0.329 e. The first-order valence-electron chi connectivity index (χ1n) is 16.6. The number of aliphatic carboxylic acids is 1. The summed E-state index contributed by atoms with van der Waals surface area (Å²) in [6, 6.07) is 18.9. The van der Waals surface area contributed by atoms with Crippen LogP contribution in [0.3, 0.4) is 0 Å². The van der Waals surface area contributed by atoms with E-state index >= 15 is 8.78 Å². The number of carbonyl (C=O) groups excluding carboxylic acids is 1. The van der Waals surface area contributed by atoms with E-state index in [0.29, 0.717) is 27.4 Å². The Morgan fingerprint density at radius 1 is 1.00 bits per heavy atom. The fraction of sp³-hybridized carbons (Fsp3) is 0.211. The van der Waals surface area contributed by atoms with Crippen LogP contribution in [-0.4, -0.2) is 52.5 Å². The zero-order valence-corrected chi connectivity index (χ0v) is 29.8. The second-order valence-electron chi connectivity index (χ2n) is 12.7. The Hall–Kier alpha value is -6.09. The number of aryl methyl sites for hydroxylation is 5. The number of benzene rings is 4. The van der Waals surface area contributed by atoms with E-state index in [1.165, 1.54) is 4.57 Å². The topological polar surface area (TPSA) is 166 Å². The summed E-state index contributed by atoms with van der Waals surface area (Å²) in [5, 5.41) is 15.0. The molecule has 1 unspecified atom stereocenters. The molecular formula is C38H36F2N6O6S. The number of hydrogen-bond acceptors (Lipinski definition) is 7. The highest BCUT2D eigenvalue weighted by Crippen LogP contribution is 2.29. The van der Waals surface area contributed by atoms with E-state index in [9.17, 15) is 27.9 Å². The van der Waals surface area contributed by atoms with Crippen molar-refractivity contribution in [1.29, 1.82) is 0 Å². The Balaban J connectivity index is 1.36. The van der Waals surface area contributed by atoms with Gasteiger partial charge in [-0.25, -0.2) is 27.0 Å². The Bertz CT molecular complexity index is 2450. The van der Waals surface area contributed by atoms with Crippen LogP contribution in [0.1, 0.15) is 38.2 Å². The van der Waals surface area contributed by atoms with Gasteiger partial charge in [-0.2, -0.15) is 0 Å². The average Bonchev–Trinajstić information content (AvgIpc) is 3.53. The minimum absolute atomic E-state index is 0.0776. The maximum Gasteiger partial charge on any atom is 0.329 e. The molecule has 2 aromatic heterocycles. The Kier molecular flexibility index (Phi) is 10.6. The lowest BCUT2D eigenvalue weighted by Gasteiger charge is -2.28. The normalized spacial score (nSPS) is 12.0. The molecule has 15 heteroatoms. The van der Waals surface area contributed by atoms with Crippen LogP contribution in [0, 0.1) is 32.4 Å². The summed E-state index contributed by atoms with van der Waals surface area (Å²) in [5.41, 5.74) is 2.16. The molecule has 2 heterocycles. The van der Waals surface area contributed by atoms with Gasteiger partial charge in [-0.3, -0.25) is 13.9 Å². The number of carbonyl (C=O) groups is 2. The van der Waals surface area contributed by atoms with Crippen LogP contribution in [0.4, 0.5) is 20.4 Å². The van der Waals surface area contributed by atoms with Crippen molar-refractivity contribution in [2.24, 2.45) is 0 Å². The summed E-state index contributed by atoms with van der Waals surface area (Å²) in [7, 11) is -3.49. The molecule has 1 atom stereocenters. The molecule has 4 N–H and O–H groups in total. The van der Waals surface area contributed by atoms with E-state index in [2.05, 4.69) is 20.6 Å². The van der Waals surface area contributed by atoms with Gasteiger partial charge < -0.3 is 25.3 Å². The van der Waals surface area contributed by atoms with Crippen LogP contribution in [0.15, 0.2) is 83.8 Å². The highest BCUT2D eigenvalue weighted by atomic mass is 32.2. The van der Waals surface area contributed by atoms with Crippen LogP contribution in [0.25, 0.3) is 21.9 Å². The second kappa shape index (κ2) is 15.3. The summed E-state index contributed by atoms with van der Waals surface area (Å²) >= 11 is 0. The van der Waals surface area contributed by atoms with Crippen LogP contribution in [0.2, 0.25) is 0 Å². The number of rotatable bonds is 13. The largest absolute Gasteiger partial charge is 0.480 e. The predicted molar refractivity (Wildman–Crippen MR) is 199 cm³/mol. The molecule has 6 rings (SSSR count).